The number of aromatic hydroxyl groups is 1. The summed E-state index contributed by atoms with van der Waals surface area (Å²) in [7, 11) is 21.1. The average Bonchev–Trinajstić information content (AvgIpc) is 0.832. The number of aliphatic hydroxyl groups excluding tert-OH is 1. The maximum absolute atomic E-state index is 12.3. The smallest absolute Gasteiger partial charge is 0.504 e. The molecule has 0 aromatic heterocycles. The first-order valence-corrected chi connectivity index (χ1v) is 42.5. The maximum Gasteiger partial charge on any atom is 0.643 e. The molecule has 0 aliphatic carbocycles. The number of hydrogen-bond acceptors (Lipinski definition) is 22. The topological polar surface area (TPSA) is 283 Å². The lowest BCUT2D eigenvalue weighted by Gasteiger charge is -2.26. The third kappa shape index (κ3) is 31.8. The molecular weight excluding hydrogens is 1530 g/mol. The number of aliphatic hydroxyl groups is 1. The molecule has 3 saturated heterocycles. The van der Waals surface area contributed by atoms with E-state index in [1.807, 2.05) is 64.1 Å². The summed E-state index contributed by atoms with van der Waals surface area (Å²) in [6.45, 7) is 25.5. The van der Waals surface area contributed by atoms with Gasteiger partial charge in [0.15, 0.2) is 34.5 Å². The van der Waals surface area contributed by atoms with Crippen LogP contribution in [-0.2, 0) is 52.6 Å². The first kappa shape index (κ1) is 92.9. The summed E-state index contributed by atoms with van der Waals surface area (Å²) in [5.41, 5.74) is 7.90. The number of rotatable bonds is 22. The van der Waals surface area contributed by atoms with Crippen molar-refractivity contribution in [3.05, 3.63) is 172 Å². The number of methoxy groups -OCH3 is 4. The molecule has 0 saturated carbocycles. The summed E-state index contributed by atoms with van der Waals surface area (Å²) >= 11 is -1.72. The van der Waals surface area contributed by atoms with Gasteiger partial charge in [-0.05, 0) is 201 Å². The Balaban J connectivity index is 0.000000224. The fourth-order valence-electron chi connectivity index (χ4n) is 12.0. The number of imide groups is 4. The summed E-state index contributed by atoms with van der Waals surface area (Å²) in [6.07, 6.45) is 27.9. The van der Waals surface area contributed by atoms with Gasteiger partial charge in [0.05, 0.1) is 74.7 Å². The highest BCUT2D eigenvalue weighted by molar-refractivity contribution is 7.54. The third-order valence-corrected chi connectivity index (χ3v) is 18.3. The number of β-amino-alcohol motifs (C(OH)–C–C–N with tert-alkyl or cyclic N) is 1. The van der Waals surface area contributed by atoms with E-state index in [1.165, 1.54) is 75.3 Å². The van der Waals surface area contributed by atoms with Gasteiger partial charge in [-0.25, -0.2) is 30.1 Å². The average molecular weight is 1640 g/mol. The van der Waals surface area contributed by atoms with Gasteiger partial charge < -0.3 is 52.8 Å². The van der Waals surface area contributed by atoms with Crippen molar-refractivity contribution in [1.29, 1.82) is 0 Å². The van der Waals surface area contributed by atoms with Crippen molar-refractivity contribution in [3.63, 3.8) is 0 Å². The SMILES string of the molecule is COc1cc(/C=C/C(=O)N2CCC=CC2=O)cc(C)c1C.COc1cc(/C=C/C(=O)N2CCC=CC2=O)cc(C)c1O.COc1cc(/C=C/C(=O)N2CCC=CC2=O)cc(C)c1OCCN1CCOCC1.COc1cc(/C=C/C(=O)N2CCC=CC2=O)cc(C)c1OCCN1CCOCC1.OCCN1CCOCC1.[Cl][Al]([Cl])[Cl]. The molecule has 0 spiro atoms. The van der Waals surface area contributed by atoms with Crippen LogP contribution in [0.5, 0.6) is 40.2 Å². The van der Waals surface area contributed by atoms with E-state index in [4.69, 9.17) is 77.9 Å². The Labute approximate surface area is 679 Å². The summed E-state index contributed by atoms with van der Waals surface area (Å²) in [6, 6.07) is 14.8. The van der Waals surface area contributed by atoms with Gasteiger partial charge >= 0.3 is 11.4 Å². The lowest BCUT2D eigenvalue weighted by atomic mass is 10.0. The van der Waals surface area contributed by atoms with Gasteiger partial charge in [-0.15, -0.1) is 0 Å². The van der Waals surface area contributed by atoms with Gasteiger partial charge in [0.2, 0.25) is 0 Å². The van der Waals surface area contributed by atoms with Crippen LogP contribution in [0.1, 0.15) is 75.8 Å². The number of carbonyl (C=O) groups is 8. The van der Waals surface area contributed by atoms with Gasteiger partial charge in [-0.2, -0.15) is 0 Å². The van der Waals surface area contributed by atoms with Crippen LogP contribution >= 0.6 is 30.1 Å². The molecule has 2 N–H and O–H groups in total. The van der Waals surface area contributed by atoms with Crippen LogP contribution in [0, 0.1) is 34.6 Å². The van der Waals surface area contributed by atoms with Crippen molar-refractivity contribution in [1.82, 2.24) is 34.3 Å². The molecule has 610 valence electrons. The fourth-order valence-corrected chi connectivity index (χ4v) is 12.0. The fraction of sp³-hybridized carbons (Fsp3) is 0.422. The lowest BCUT2D eigenvalue weighted by molar-refractivity contribution is -0.140. The third-order valence-electron chi connectivity index (χ3n) is 18.3. The van der Waals surface area contributed by atoms with E-state index < -0.39 is 11.4 Å². The predicted octanol–water partition coefficient (Wildman–Crippen LogP) is 9.76. The van der Waals surface area contributed by atoms with Gasteiger partial charge in [0.25, 0.3) is 47.3 Å². The molecule has 0 bridgehead atoms. The Morgan fingerprint density at radius 2 is 0.681 bits per heavy atom. The first-order valence-electron chi connectivity index (χ1n) is 37.3. The Kier molecular flexibility index (Phi) is 41.4. The Morgan fingerprint density at radius 3 is 0.973 bits per heavy atom. The number of ether oxygens (including phenoxy) is 9. The molecule has 11 rings (SSSR count). The summed E-state index contributed by atoms with van der Waals surface area (Å²) in [4.78, 5) is 107. The lowest BCUT2D eigenvalue weighted by Crippen LogP contribution is -2.38. The number of nitrogens with zero attached hydrogens (tertiary/aromatic N) is 7. The number of carbonyl (C=O) groups excluding carboxylic acids is 8. The quantitative estimate of drug-likeness (QED) is 0.0546. The number of halogens is 3. The second kappa shape index (κ2) is 50.3. The van der Waals surface area contributed by atoms with E-state index >= 15 is 0 Å². The van der Waals surface area contributed by atoms with E-state index in [9.17, 15) is 43.5 Å². The number of aryl methyl sites for hydroxylation is 4. The first-order chi connectivity index (χ1) is 54.4. The highest BCUT2D eigenvalue weighted by Crippen LogP contribution is 2.35. The van der Waals surface area contributed by atoms with Crippen LogP contribution < -0.4 is 28.4 Å². The van der Waals surface area contributed by atoms with Crippen LogP contribution in [0.15, 0.2) is 121 Å². The Bertz CT molecular complexity index is 3860. The van der Waals surface area contributed by atoms with Crippen LogP contribution in [0.3, 0.4) is 0 Å². The Hall–Kier alpha value is -8.92. The minimum Gasteiger partial charge on any atom is -0.504 e. The normalized spacial score (nSPS) is 16.6. The summed E-state index contributed by atoms with van der Waals surface area (Å²) in [5, 5.41) is 18.3. The zero-order chi connectivity index (χ0) is 82.2. The van der Waals surface area contributed by atoms with E-state index in [-0.39, 0.29) is 59.6 Å². The highest BCUT2D eigenvalue weighted by atomic mass is 35.8. The zero-order valence-electron chi connectivity index (χ0n) is 65.9. The minimum atomic E-state index is -1.72. The van der Waals surface area contributed by atoms with Crippen molar-refractivity contribution in [2.75, 3.05) is 173 Å². The van der Waals surface area contributed by atoms with Gasteiger partial charge in [-0.3, -0.25) is 72.7 Å². The number of benzene rings is 4. The molecule has 26 nitrogen and oxygen atoms in total. The van der Waals surface area contributed by atoms with E-state index in [0.29, 0.717) is 99.4 Å². The molecule has 4 aromatic rings. The molecule has 113 heavy (non-hydrogen) atoms. The number of phenolic OH excluding ortho intramolecular Hbond substituents is 1. The van der Waals surface area contributed by atoms with Crippen LogP contribution in [0.25, 0.3) is 24.3 Å². The van der Waals surface area contributed by atoms with Crippen LogP contribution in [0.4, 0.5) is 0 Å². The highest BCUT2D eigenvalue weighted by Gasteiger charge is 2.24. The van der Waals surface area contributed by atoms with Crippen LogP contribution in [-0.4, -0.2) is 276 Å². The van der Waals surface area contributed by atoms with E-state index in [2.05, 4.69) is 14.7 Å². The molecule has 30 heteroatoms. The number of hydrogen-bond donors (Lipinski definition) is 2. The van der Waals surface area contributed by atoms with E-state index in [1.54, 1.807) is 89.0 Å². The second-order valence-corrected chi connectivity index (χ2v) is 32.7. The van der Waals surface area contributed by atoms with E-state index in [0.717, 1.165) is 149 Å². The molecule has 4 aromatic carbocycles. The number of phenols is 1. The van der Waals surface area contributed by atoms with Crippen molar-refractivity contribution in [2.45, 2.75) is 60.3 Å². The molecule has 0 unspecified atom stereocenters. The van der Waals surface area contributed by atoms with Crippen molar-refractivity contribution >= 4 is 113 Å². The molecule has 0 radical (unpaired) electrons. The molecule has 7 aliphatic rings. The van der Waals surface area contributed by atoms with Gasteiger partial charge in [-0.1, -0.05) is 30.4 Å². The van der Waals surface area contributed by atoms with Crippen molar-refractivity contribution < 1.29 is 91.2 Å². The molecular formula is C83H105AlCl3N7O19. The molecule has 8 amide bonds. The molecule has 3 fully saturated rings. The Morgan fingerprint density at radius 1 is 0.407 bits per heavy atom. The molecule has 7 heterocycles. The number of morpholine rings is 3. The maximum atomic E-state index is 12.3. The molecule has 7 aliphatic heterocycles. The zero-order valence-corrected chi connectivity index (χ0v) is 69.3. The van der Waals surface area contributed by atoms with Gasteiger partial charge in [0.1, 0.15) is 19.0 Å². The monoisotopic (exact) mass is 1640 g/mol. The van der Waals surface area contributed by atoms with Crippen LogP contribution in [0.2, 0.25) is 0 Å². The minimum absolute atomic E-state index is 0.0809. The van der Waals surface area contributed by atoms with Crippen molar-refractivity contribution in [2.24, 2.45) is 0 Å². The number of amides is 8. The standard InChI is InChI=1S/2C22H28N2O5.C17H19NO3.C16H17NO4.C6H13NO2.Al.3ClH/c2*1-17-15-18(6-7-21(26)24-8-4-3-5-20(24)25)16-19(27-2)22(17)29-14-11-23-9-12-28-13-10-23;1-12-10-14(11-15(21-3)13(12)2)7-8-17(20)18-9-5-4-6-16(18)19;1-11-9-12(10-13(21-2)16(11)20)6-7-15(19)17-8-4-3-5-14(17)18;8-4-1-7-2-5-9-6-3-7;;;;/h2*3,5-7,15-16H,4,8-14H2,1-2H3;4,6-8,10-11H,5,9H2,1-3H3;3,5-7,9-10,20H,4,8H2,1-2H3;8H,1-6H2;;3*1H/q;;;;;+3;;;/p-3/b2*7-6+;8-7+;7-6+;;;;;. The summed E-state index contributed by atoms with van der Waals surface area (Å²) < 4.78 is 49.2. The molecule has 0 atom stereocenters. The summed E-state index contributed by atoms with van der Waals surface area (Å²) in [5.74, 6) is 1.50. The second-order valence-electron chi connectivity index (χ2n) is 26.2. The van der Waals surface area contributed by atoms with Crippen molar-refractivity contribution in [3.8, 4) is 40.2 Å². The predicted molar refractivity (Wildman–Crippen MR) is 439 cm³/mol. The van der Waals surface area contributed by atoms with Gasteiger partial charge in [0, 0.05) is 109 Å². The largest absolute Gasteiger partial charge is 0.643 e.